The molecule has 1 saturated heterocycles. The van der Waals surface area contributed by atoms with Crippen molar-refractivity contribution in [2.45, 2.75) is 19.8 Å². The number of fused-ring (bicyclic) bond motifs is 1. The number of aryl methyl sites for hydroxylation is 1. The summed E-state index contributed by atoms with van der Waals surface area (Å²) in [5, 5.41) is 0. The maximum absolute atomic E-state index is 12.4. The van der Waals surface area contributed by atoms with Gasteiger partial charge in [0, 0.05) is 6.54 Å². The Morgan fingerprint density at radius 3 is 2.05 bits per heavy atom. The van der Waals surface area contributed by atoms with Crippen molar-refractivity contribution in [3.8, 4) is 0 Å². The van der Waals surface area contributed by atoms with Crippen molar-refractivity contribution >= 4 is 11.8 Å². The van der Waals surface area contributed by atoms with E-state index in [-0.39, 0.29) is 29.6 Å². The first-order chi connectivity index (χ1) is 10.1. The third-order valence-corrected chi connectivity index (χ3v) is 4.34. The molecule has 1 aliphatic carbocycles. The zero-order valence-electron chi connectivity index (χ0n) is 12.3. The van der Waals surface area contributed by atoms with E-state index in [1.807, 2.05) is 31.2 Å². The lowest BCUT2D eigenvalue weighted by Gasteiger charge is -2.20. The van der Waals surface area contributed by atoms with Crippen LogP contribution in [0.4, 0.5) is 0 Å². The number of amides is 2. The SMILES string of the molecule is Cc1ccc([C@H](C)CN2C(=O)[C@H]3C=CC=C[C@@H]3C2=O)cc1. The molecule has 3 atom stereocenters. The normalized spacial score (nSPS) is 25.3. The Hall–Kier alpha value is -2.16. The van der Waals surface area contributed by atoms with Crippen LogP contribution in [-0.2, 0) is 9.59 Å². The van der Waals surface area contributed by atoms with E-state index in [0.717, 1.165) is 5.56 Å². The predicted molar refractivity (Wildman–Crippen MR) is 81.6 cm³/mol. The van der Waals surface area contributed by atoms with Gasteiger partial charge in [0.25, 0.3) is 0 Å². The summed E-state index contributed by atoms with van der Waals surface area (Å²) in [6, 6.07) is 8.26. The summed E-state index contributed by atoms with van der Waals surface area (Å²) in [6.07, 6.45) is 7.36. The van der Waals surface area contributed by atoms with E-state index in [4.69, 9.17) is 0 Å². The second-order valence-electron chi connectivity index (χ2n) is 5.92. The molecule has 21 heavy (non-hydrogen) atoms. The molecule has 3 rings (SSSR count). The Morgan fingerprint density at radius 2 is 1.52 bits per heavy atom. The number of carbonyl (C=O) groups is 2. The van der Waals surface area contributed by atoms with E-state index in [1.165, 1.54) is 10.5 Å². The van der Waals surface area contributed by atoms with Crippen LogP contribution in [0.25, 0.3) is 0 Å². The maximum Gasteiger partial charge on any atom is 0.237 e. The van der Waals surface area contributed by atoms with E-state index >= 15 is 0 Å². The lowest BCUT2D eigenvalue weighted by atomic mass is 9.91. The molecule has 1 fully saturated rings. The first kappa shape index (κ1) is 13.8. The van der Waals surface area contributed by atoms with Gasteiger partial charge >= 0.3 is 0 Å². The number of hydrogen-bond acceptors (Lipinski definition) is 2. The molecule has 108 valence electrons. The molecule has 1 aromatic rings. The van der Waals surface area contributed by atoms with Gasteiger partial charge in [0.05, 0.1) is 11.8 Å². The van der Waals surface area contributed by atoms with Crippen LogP contribution in [0, 0.1) is 18.8 Å². The molecule has 3 nitrogen and oxygen atoms in total. The lowest BCUT2D eigenvalue weighted by molar-refractivity contribution is -0.139. The zero-order chi connectivity index (χ0) is 15.0. The van der Waals surface area contributed by atoms with Gasteiger partial charge in [-0.05, 0) is 18.4 Å². The van der Waals surface area contributed by atoms with E-state index in [1.54, 1.807) is 0 Å². The fourth-order valence-electron chi connectivity index (χ4n) is 3.00. The summed E-state index contributed by atoms with van der Waals surface area (Å²) in [5.41, 5.74) is 2.36. The van der Waals surface area contributed by atoms with Gasteiger partial charge in [-0.2, -0.15) is 0 Å². The Labute approximate surface area is 125 Å². The van der Waals surface area contributed by atoms with Gasteiger partial charge in [0.15, 0.2) is 0 Å². The first-order valence-corrected chi connectivity index (χ1v) is 7.34. The minimum Gasteiger partial charge on any atom is -0.281 e. The van der Waals surface area contributed by atoms with Crippen molar-refractivity contribution in [3.63, 3.8) is 0 Å². The third-order valence-electron chi connectivity index (χ3n) is 4.34. The van der Waals surface area contributed by atoms with Crippen LogP contribution in [0.1, 0.15) is 24.0 Å². The second kappa shape index (κ2) is 5.32. The highest BCUT2D eigenvalue weighted by Crippen LogP contribution is 2.32. The quantitative estimate of drug-likeness (QED) is 0.799. The molecule has 3 heteroatoms. The van der Waals surface area contributed by atoms with Crippen molar-refractivity contribution in [1.29, 1.82) is 0 Å². The fourth-order valence-corrected chi connectivity index (χ4v) is 3.00. The van der Waals surface area contributed by atoms with Gasteiger partial charge in [-0.3, -0.25) is 14.5 Å². The van der Waals surface area contributed by atoms with Gasteiger partial charge in [-0.15, -0.1) is 0 Å². The van der Waals surface area contributed by atoms with Crippen molar-refractivity contribution < 1.29 is 9.59 Å². The molecule has 1 aliphatic heterocycles. The average molecular weight is 281 g/mol. The number of carbonyl (C=O) groups excluding carboxylic acids is 2. The Bertz CT molecular complexity index is 597. The largest absolute Gasteiger partial charge is 0.281 e. The summed E-state index contributed by atoms with van der Waals surface area (Å²) in [4.78, 5) is 26.2. The molecule has 1 heterocycles. The molecule has 0 aromatic heterocycles. The number of nitrogens with zero attached hydrogens (tertiary/aromatic N) is 1. The van der Waals surface area contributed by atoms with Crippen LogP contribution >= 0.6 is 0 Å². The van der Waals surface area contributed by atoms with Gasteiger partial charge in [0.2, 0.25) is 11.8 Å². The maximum atomic E-state index is 12.4. The number of likely N-dealkylation sites (tertiary alicyclic amines) is 1. The van der Waals surface area contributed by atoms with Crippen molar-refractivity contribution in [1.82, 2.24) is 4.90 Å². The van der Waals surface area contributed by atoms with Crippen LogP contribution in [0.5, 0.6) is 0 Å². The summed E-state index contributed by atoms with van der Waals surface area (Å²) < 4.78 is 0. The molecule has 0 saturated carbocycles. The zero-order valence-corrected chi connectivity index (χ0v) is 12.3. The van der Waals surface area contributed by atoms with Crippen LogP contribution < -0.4 is 0 Å². The van der Waals surface area contributed by atoms with Crippen LogP contribution in [-0.4, -0.2) is 23.3 Å². The van der Waals surface area contributed by atoms with E-state index in [2.05, 4.69) is 31.2 Å². The van der Waals surface area contributed by atoms with Crippen LogP contribution in [0.15, 0.2) is 48.6 Å². The molecule has 0 radical (unpaired) electrons. The van der Waals surface area contributed by atoms with Gasteiger partial charge < -0.3 is 0 Å². The predicted octanol–water partition coefficient (Wildman–Crippen LogP) is 2.83. The second-order valence-corrected chi connectivity index (χ2v) is 5.92. The van der Waals surface area contributed by atoms with Crippen molar-refractivity contribution in [2.24, 2.45) is 11.8 Å². The molecule has 0 bridgehead atoms. The number of rotatable bonds is 3. The highest BCUT2D eigenvalue weighted by atomic mass is 16.2. The molecule has 2 amide bonds. The summed E-state index contributed by atoms with van der Waals surface area (Å²) >= 11 is 0. The highest BCUT2D eigenvalue weighted by molar-refractivity contribution is 6.07. The van der Waals surface area contributed by atoms with Gasteiger partial charge in [-0.1, -0.05) is 61.1 Å². The molecule has 1 aromatic carbocycles. The Kier molecular flexibility index (Phi) is 3.50. The number of allylic oxidation sites excluding steroid dienone is 2. The first-order valence-electron chi connectivity index (χ1n) is 7.34. The molecular formula is C18H19NO2. The minimum absolute atomic E-state index is 0.0652. The molecule has 0 N–H and O–H groups in total. The Morgan fingerprint density at radius 1 is 1.00 bits per heavy atom. The monoisotopic (exact) mass is 281 g/mol. The van der Waals surface area contributed by atoms with Crippen LogP contribution in [0.3, 0.4) is 0 Å². The minimum atomic E-state index is -0.298. The van der Waals surface area contributed by atoms with Crippen molar-refractivity contribution in [3.05, 3.63) is 59.7 Å². The lowest BCUT2D eigenvalue weighted by Crippen LogP contribution is -2.34. The molecular weight excluding hydrogens is 262 g/mol. The Balaban J connectivity index is 1.77. The molecule has 2 aliphatic rings. The fraction of sp³-hybridized carbons (Fsp3) is 0.333. The smallest absolute Gasteiger partial charge is 0.237 e. The summed E-state index contributed by atoms with van der Waals surface area (Å²) in [5.74, 6) is -0.582. The van der Waals surface area contributed by atoms with Crippen LogP contribution in [0.2, 0.25) is 0 Å². The summed E-state index contributed by atoms with van der Waals surface area (Å²) in [7, 11) is 0. The van der Waals surface area contributed by atoms with Gasteiger partial charge in [-0.25, -0.2) is 0 Å². The topological polar surface area (TPSA) is 37.4 Å². The number of hydrogen-bond donors (Lipinski definition) is 0. The highest BCUT2D eigenvalue weighted by Gasteiger charge is 2.45. The molecule has 0 spiro atoms. The van der Waals surface area contributed by atoms with E-state index in [9.17, 15) is 9.59 Å². The van der Waals surface area contributed by atoms with Gasteiger partial charge in [0.1, 0.15) is 0 Å². The number of imide groups is 1. The number of benzene rings is 1. The average Bonchev–Trinajstić information content (AvgIpc) is 2.73. The standard InChI is InChI=1S/C18H19NO2/c1-12-7-9-14(10-8-12)13(2)11-19-17(20)15-5-3-4-6-16(15)18(19)21/h3-10,13,15-16H,11H2,1-2H3/t13-,15+,16+/m1/s1. The molecule has 0 unspecified atom stereocenters. The summed E-state index contributed by atoms with van der Waals surface area (Å²) in [6.45, 7) is 4.56. The van der Waals surface area contributed by atoms with E-state index in [0.29, 0.717) is 6.54 Å². The van der Waals surface area contributed by atoms with Crippen molar-refractivity contribution in [2.75, 3.05) is 6.54 Å². The third kappa shape index (κ3) is 2.44. The van der Waals surface area contributed by atoms with E-state index < -0.39 is 0 Å².